The van der Waals surface area contributed by atoms with Gasteiger partial charge in [0.2, 0.25) is 0 Å². The van der Waals surface area contributed by atoms with Gasteiger partial charge in [0.1, 0.15) is 0 Å². The van der Waals surface area contributed by atoms with Crippen LogP contribution in [-0.4, -0.2) is 5.78 Å². The van der Waals surface area contributed by atoms with E-state index < -0.39 is 0 Å². The lowest BCUT2D eigenvalue weighted by molar-refractivity contribution is 0.0989. The highest BCUT2D eigenvalue weighted by atomic mass is 16.1. The summed E-state index contributed by atoms with van der Waals surface area (Å²) in [6.07, 6.45) is 0.545. The third-order valence-corrected chi connectivity index (χ3v) is 2.63. The van der Waals surface area contributed by atoms with Crippen LogP contribution in [0.5, 0.6) is 0 Å². The number of carbonyl (C=O) groups excluding carboxylic acids is 1. The fourth-order valence-corrected chi connectivity index (χ4v) is 1.79. The molecule has 0 N–H and O–H groups in total. The summed E-state index contributed by atoms with van der Waals surface area (Å²) >= 11 is 0. The molecule has 81 valence electrons. The van der Waals surface area contributed by atoms with Gasteiger partial charge in [-0.05, 0) is 11.1 Å². The molecule has 0 unspecified atom stereocenters. The van der Waals surface area contributed by atoms with Crippen molar-refractivity contribution in [2.24, 2.45) is 0 Å². The van der Waals surface area contributed by atoms with E-state index in [9.17, 15) is 4.79 Å². The molecule has 0 spiro atoms. The van der Waals surface area contributed by atoms with Crippen molar-refractivity contribution in [1.82, 2.24) is 0 Å². The first-order valence-corrected chi connectivity index (χ1v) is 5.50. The molecule has 0 atom stereocenters. The predicted octanol–water partition coefficient (Wildman–Crippen LogP) is 4.06. The molecule has 0 heterocycles. The molecule has 2 rings (SSSR count). The molecule has 0 fully saturated rings. The van der Waals surface area contributed by atoms with E-state index in [1.165, 1.54) is 0 Å². The SMILES string of the molecule is CCC(=O)c1ccccc1-c1ccccc1.[2H]. The fourth-order valence-electron chi connectivity index (χ4n) is 1.79. The molecule has 0 aromatic heterocycles. The number of hydrogen-bond acceptors (Lipinski definition) is 1. The van der Waals surface area contributed by atoms with Crippen molar-refractivity contribution in [2.75, 3.05) is 0 Å². The van der Waals surface area contributed by atoms with Crippen molar-refractivity contribution in [3.8, 4) is 11.1 Å². The van der Waals surface area contributed by atoms with Gasteiger partial charge in [-0.2, -0.15) is 0 Å². The van der Waals surface area contributed by atoms with E-state index in [1.54, 1.807) is 0 Å². The maximum atomic E-state index is 11.8. The summed E-state index contributed by atoms with van der Waals surface area (Å²) in [4.78, 5) is 11.8. The lowest BCUT2D eigenvalue weighted by atomic mass is 9.96. The normalized spacial score (nSPS) is 10.1. The second-order valence-corrected chi connectivity index (χ2v) is 3.69. The Bertz CT molecular complexity index is 491. The summed E-state index contributed by atoms with van der Waals surface area (Å²) in [5.74, 6) is 0.194. The van der Waals surface area contributed by atoms with E-state index in [4.69, 9.17) is 0 Å². The fraction of sp³-hybridized carbons (Fsp3) is 0.133. The Balaban J connectivity index is 0.00000144. The standard InChI is InChI=1S/C15H14O.H/c1-2-15(16)14-11-7-6-10-13(14)12-8-4-3-5-9-12;/h3-11H,2H2,1H3;/i;1+1. The summed E-state index contributed by atoms with van der Waals surface area (Å²) in [5, 5.41) is 0. The quantitative estimate of drug-likeness (QED) is 0.701. The topological polar surface area (TPSA) is 17.1 Å². The van der Waals surface area contributed by atoms with Crippen molar-refractivity contribution in [3.63, 3.8) is 0 Å². The molecule has 1 nitrogen and oxygen atoms in total. The lowest BCUT2D eigenvalue weighted by Crippen LogP contribution is -1.99. The minimum absolute atomic E-state index is 0. The zero-order valence-electron chi connectivity index (χ0n) is 10.3. The zero-order valence-corrected chi connectivity index (χ0v) is 9.31. The molecule has 0 bridgehead atoms. The van der Waals surface area contributed by atoms with Crippen LogP contribution in [0, 0.1) is 0 Å². The van der Waals surface area contributed by atoms with Crippen LogP contribution in [0.4, 0.5) is 0 Å². The zero-order chi connectivity index (χ0) is 11.4. The summed E-state index contributed by atoms with van der Waals surface area (Å²) in [7, 11) is 0. The molecule has 0 aliphatic heterocycles. The molecule has 2 aromatic rings. The van der Waals surface area contributed by atoms with Crippen LogP contribution in [0.2, 0.25) is 0 Å². The Morgan fingerprint density at radius 1 is 1.00 bits per heavy atom. The van der Waals surface area contributed by atoms with Gasteiger partial charge < -0.3 is 0 Å². The molecule has 2 aromatic carbocycles. The maximum absolute atomic E-state index is 11.8. The number of rotatable bonds is 3. The first-order chi connectivity index (χ1) is 7.83. The minimum atomic E-state index is 0. The van der Waals surface area contributed by atoms with Gasteiger partial charge in [0.25, 0.3) is 0 Å². The van der Waals surface area contributed by atoms with Crippen LogP contribution >= 0.6 is 0 Å². The van der Waals surface area contributed by atoms with Gasteiger partial charge in [0.05, 0.1) is 0 Å². The molecule has 0 saturated heterocycles. The number of hydrogen-bond donors (Lipinski definition) is 0. The third-order valence-electron chi connectivity index (χ3n) is 2.63. The highest BCUT2D eigenvalue weighted by Gasteiger charge is 2.09. The highest BCUT2D eigenvalue weighted by Crippen LogP contribution is 2.24. The molecular formula is C15H15O. The van der Waals surface area contributed by atoms with E-state index in [0.717, 1.165) is 16.7 Å². The molecule has 1 heteroatoms. The largest absolute Gasteiger partial charge is 0.294 e. The maximum Gasteiger partial charge on any atom is 0.163 e. The first-order valence-electron chi connectivity index (χ1n) is 5.50. The molecule has 16 heavy (non-hydrogen) atoms. The van der Waals surface area contributed by atoms with Crippen LogP contribution in [-0.2, 0) is 0 Å². The Hall–Kier alpha value is -1.89. The summed E-state index contributed by atoms with van der Waals surface area (Å²) in [6.45, 7) is 1.89. The van der Waals surface area contributed by atoms with Crippen LogP contribution < -0.4 is 0 Å². The van der Waals surface area contributed by atoms with Crippen molar-refractivity contribution in [3.05, 3.63) is 60.2 Å². The van der Waals surface area contributed by atoms with E-state index in [1.807, 2.05) is 61.5 Å². The Morgan fingerprint density at radius 2 is 1.62 bits per heavy atom. The van der Waals surface area contributed by atoms with Crippen LogP contribution in [0.15, 0.2) is 54.6 Å². The summed E-state index contributed by atoms with van der Waals surface area (Å²) < 4.78 is 0. The van der Waals surface area contributed by atoms with Crippen molar-refractivity contribution >= 4 is 5.78 Å². The average molecular weight is 212 g/mol. The van der Waals surface area contributed by atoms with Crippen LogP contribution in [0.25, 0.3) is 11.1 Å². The number of carbonyl (C=O) groups is 1. The molecule has 0 saturated carbocycles. The van der Waals surface area contributed by atoms with Gasteiger partial charge in [0.15, 0.2) is 5.78 Å². The lowest BCUT2D eigenvalue weighted by Gasteiger charge is -2.07. The highest BCUT2D eigenvalue weighted by molar-refractivity contribution is 6.02. The second-order valence-electron chi connectivity index (χ2n) is 3.69. The number of benzene rings is 2. The third kappa shape index (κ3) is 2.03. The smallest absolute Gasteiger partial charge is 0.163 e. The second kappa shape index (κ2) is 4.75. The van der Waals surface area contributed by atoms with Gasteiger partial charge >= 0.3 is 0 Å². The molecular weight excluding hydrogens is 196 g/mol. The van der Waals surface area contributed by atoms with Crippen LogP contribution in [0.1, 0.15) is 25.1 Å². The van der Waals surface area contributed by atoms with E-state index in [0.29, 0.717) is 6.42 Å². The van der Waals surface area contributed by atoms with Crippen molar-refractivity contribution < 1.29 is 6.22 Å². The minimum Gasteiger partial charge on any atom is -0.294 e. The van der Waals surface area contributed by atoms with Gasteiger partial charge in [0, 0.05) is 13.4 Å². The molecule has 0 aliphatic rings. The molecule has 0 aliphatic carbocycles. The predicted molar refractivity (Wildman–Crippen MR) is 67.6 cm³/mol. The van der Waals surface area contributed by atoms with Gasteiger partial charge in [-0.15, -0.1) is 0 Å². The van der Waals surface area contributed by atoms with Gasteiger partial charge in [-0.25, -0.2) is 0 Å². The summed E-state index contributed by atoms with van der Waals surface area (Å²) in [6, 6.07) is 17.8. The Kier molecular flexibility index (Phi) is 3.16. The molecule has 0 amide bonds. The first kappa shape index (κ1) is 10.6. The summed E-state index contributed by atoms with van der Waals surface area (Å²) in [5.41, 5.74) is 2.94. The van der Waals surface area contributed by atoms with Crippen LogP contribution in [0.3, 0.4) is 0 Å². The van der Waals surface area contributed by atoms with Gasteiger partial charge in [-0.3, -0.25) is 4.79 Å². The van der Waals surface area contributed by atoms with Gasteiger partial charge in [-0.1, -0.05) is 61.5 Å². The van der Waals surface area contributed by atoms with E-state index in [2.05, 4.69) is 0 Å². The number of ketones is 1. The monoisotopic (exact) mass is 212 g/mol. The molecule has 1 radical (unpaired) electrons. The van der Waals surface area contributed by atoms with E-state index >= 15 is 0 Å². The Labute approximate surface area is 97.2 Å². The average Bonchev–Trinajstić information content (AvgIpc) is 2.39. The van der Waals surface area contributed by atoms with E-state index in [-0.39, 0.29) is 7.21 Å². The number of Topliss-reactive ketones (excluding diaryl/α,β-unsaturated/α-hetero) is 1. The van der Waals surface area contributed by atoms with Crippen molar-refractivity contribution in [1.29, 1.82) is 0 Å². The van der Waals surface area contributed by atoms with Crippen molar-refractivity contribution in [2.45, 2.75) is 13.3 Å². The Morgan fingerprint density at radius 3 is 2.31 bits per heavy atom.